The summed E-state index contributed by atoms with van der Waals surface area (Å²) in [5, 5.41) is 3.33. The molecule has 2 rings (SSSR count). The van der Waals surface area contributed by atoms with Gasteiger partial charge in [0.05, 0.1) is 0 Å². The average Bonchev–Trinajstić information content (AvgIpc) is 2.21. The third-order valence-electron chi connectivity index (χ3n) is 2.30. The van der Waals surface area contributed by atoms with Gasteiger partial charge in [-0.1, -0.05) is 18.2 Å². The number of hydrogen-bond acceptors (Lipinski definition) is 2. The number of hydrogen-bond donors (Lipinski definition) is 1. The molecule has 0 spiro atoms. The maximum atomic E-state index is 5.79. The summed E-state index contributed by atoms with van der Waals surface area (Å²) in [6, 6.07) is 10.0. The van der Waals surface area contributed by atoms with Gasteiger partial charge in [0.2, 0.25) is 0 Å². The normalized spacial score (nSPS) is 22.6. The molecule has 1 aliphatic heterocycles. The lowest BCUT2D eigenvalue weighted by atomic mass is 10.1. The summed E-state index contributed by atoms with van der Waals surface area (Å²) in [5.41, 5.74) is 0. The summed E-state index contributed by atoms with van der Waals surface area (Å²) in [7, 11) is 0. The fraction of sp³-hybridized carbons (Fsp3) is 0.455. The van der Waals surface area contributed by atoms with E-state index in [4.69, 9.17) is 4.74 Å². The van der Waals surface area contributed by atoms with Gasteiger partial charge in [0.15, 0.2) is 0 Å². The van der Waals surface area contributed by atoms with E-state index in [0.29, 0.717) is 6.10 Å². The van der Waals surface area contributed by atoms with Crippen molar-refractivity contribution in [3.8, 4) is 5.75 Å². The van der Waals surface area contributed by atoms with Crippen molar-refractivity contribution < 1.29 is 4.74 Å². The molecule has 2 heteroatoms. The summed E-state index contributed by atoms with van der Waals surface area (Å²) in [4.78, 5) is 0. The van der Waals surface area contributed by atoms with Crippen molar-refractivity contribution in [3.63, 3.8) is 0 Å². The van der Waals surface area contributed by atoms with E-state index in [0.717, 1.165) is 18.8 Å². The molecule has 13 heavy (non-hydrogen) atoms. The highest BCUT2D eigenvalue weighted by molar-refractivity contribution is 5.21. The molecule has 1 N–H and O–H groups in total. The quantitative estimate of drug-likeness (QED) is 0.744. The van der Waals surface area contributed by atoms with Crippen LogP contribution < -0.4 is 10.1 Å². The number of ether oxygens (including phenoxy) is 1. The molecule has 1 fully saturated rings. The molecular weight excluding hydrogens is 162 g/mol. The molecular formula is C11H15NO. The highest BCUT2D eigenvalue weighted by atomic mass is 16.5. The lowest BCUT2D eigenvalue weighted by Crippen LogP contribution is -2.37. The highest BCUT2D eigenvalue weighted by Gasteiger charge is 2.13. The molecule has 1 unspecified atom stereocenters. The molecule has 0 amide bonds. The Morgan fingerprint density at radius 1 is 1.23 bits per heavy atom. The first-order chi connectivity index (χ1) is 6.45. The number of rotatable bonds is 2. The van der Waals surface area contributed by atoms with Crippen molar-refractivity contribution >= 4 is 0 Å². The van der Waals surface area contributed by atoms with E-state index in [2.05, 4.69) is 5.32 Å². The Morgan fingerprint density at radius 3 is 2.77 bits per heavy atom. The van der Waals surface area contributed by atoms with Gasteiger partial charge >= 0.3 is 0 Å². The van der Waals surface area contributed by atoms with Crippen LogP contribution in [0.15, 0.2) is 30.3 Å². The Morgan fingerprint density at radius 2 is 2.08 bits per heavy atom. The number of nitrogens with one attached hydrogen (secondary N) is 1. The zero-order valence-electron chi connectivity index (χ0n) is 7.70. The van der Waals surface area contributed by atoms with E-state index in [-0.39, 0.29) is 0 Å². The molecule has 1 saturated heterocycles. The van der Waals surface area contributed by atoms with E-state index in [1.807, 2.05) is 30.3 Å². The number of benzene rings is 1. The van der Waals surface area contributed by atoms with E-state index >= 15 is 0 Å². The van der Waals surface area contributed by atoms with Crippen molar-refractivity contribution in [1.82, 2.24) is 5.32 Å². The lowest BCUT2D eigenvalue weighted by molar-refractivity contribution is 0.167. The average molecular weight is 177 g/mol. The Hall–Kier alpha value is -1.02. The van der Waals surface area contributed by atoms with E-state index in [1.165, 1.54) is 12.8 Å². The molecule has 0 aromatic heterocycles. The van der Waals surface area contributed by atoms with Gasteiger partial charge in [-0.05, 0) is 31.5 Å². The molecule has 1 atom stereocenters. The fourth-order valence-corrected chi connectivity index (χ4v) is 1.61. The molecule has 0 saturated carbocycles. The van der Waals surface area contributed by atoms with Crippen LogP contribution in [0.4, 0.5) is 0 Å². The van der Waals surface area contributed by atoms with Gasteiger partial charge < -0.3 is 10.1 Å². The SMILES string of the molecule is c1ccc(OC2CCCNC2)cc1. The summed E-state index contributed by atoms with van der Waals surface area (Å²) in [5.74, 6) is 0.983. The van der Waals surface area contributed by atoms with Crippen LogP contribution in [0.1, 0.15) is 12.8 Å². The van der Waals surface area contributed by atoms with Crippen LogP contribution in [-0.4, -0.2) is 19.2 Å². The Labute approximate surface area is 78.9 Å². The molecule has 1 heterocycles. The second-order valence-electron chi connectivity index (χ2n) is 3.40. The predicted octanol–water partition coefficient (Wildman–Crippen LogP) is 1.82. The minimum Gasteiger partial charge on any atom is -0.489 e. The van der Waals surface area contributed by atoms with Crippen molar-refractivity contribution in [2.75, 3.05) is 13.1 Å². The Bertz CT molecular complexity index is 242. The van der Waals surface area contributed by atoms with Crippen molar-refractivity contribution in [2.45, 2.75) is 18.9 Å². The van der Waals surface area contributed by atoms with Crippen LogP contribution >= 0.6 is 0 Å². The van der Waals surface area contributed by atoms with Crippen molar-refractivity contribution in [1.29, 1.82) is 0 Å². The minimum atomic E-state index is 0.358. The molecule has 0 bridgehead atoms. The minimum absolute atomic E-state index is 0.358. The van der Waals surface area contributed by atoms with Gasteiger partial charge in [0.1, 0.15) is 11.9 Å². The Kier molecular flexibility index (Phi) is 2.82. The van der Waals surface area contributed by atoms with E-state index < -0.39 is 0 Å². The maximum Gasteiger partial charge on any atom is 0.119 e. The van der Waals surface area contributed by atoms with Crippen molar-refractivity contribution in [2.24, 2.45) is 0 Å². The molecule has 1 aliphatic rings. The van der Waals surface area contributed by atoms with Crippen LogP contribution in [0.3, 0.4) is 0 Å². The first-order valence-corrected chi connectivity index (χ1v) is 4.87. The van der Waals surface area contributed by atoms with Gasteiger partial charge in [-0.2, -0.15) is 0 Å². The van der Waals surface area contributed by atoms with E-state index in [1.54, 1.807) is 0 Å². The number of piperidine rings is 1. The van der Waals surface area contributed by atoms with E-state index in [9.17, 15) is 0 Å². The molecule has 0 radical (unpaired) electrons. The molecule has 70 valence electrons. The zero-order valence-corrected chi connectivity index (χ0v) is 7.70. The Balaban J connectivity index is 1.90. The molecule has 1 aromatic carbocycles. The number of para-hydroxylation sites is 1. The van der Waals surface area contributed by atoms with Gasteiger partial charge in [-0.3, -0.25) is 0 Å². The topological polar surface area (TPSA) is 21.3 Å². The summed E-state index contributed by atoms with van der Waals surface area (Å²) >= 11 is 0. The van der Waals surface area contributed by atoms with Crippen LogP contribution in [-0.2, 0) is 0 Å². The van der Waals surface area contributed by atoms with Crippen LogP contribution in [0.25, 0.3) is 0 Å². The molecule has 1 aromatic rings. The standard InChI is InChI=1S/C11H15NO/c1-2-5-10(6-3-1)13-11-7-4-8-12-9-11/h1-3,5-6,11-12H,4,7-9H2. The van der Waals surface area contributed by atoms with Gasteiger partial charge in [-0.15, -0.1) is 0 Å². The lowest BCUT2D eigenvalue weighted by Gasteiger charge is -2.23. The van der Waals surface area contributed by atoms with Gasteiger partial charge in [-0.25, -0.2) is 0 Å². The first kappa shape index (κ1) is 8.57. The fourth-order valence-electron chi connectivity index (χ4n) is 1.61. The van der Waals surface area contributed by atoms with Crippen molar-refractivity contribution in [3.05, 3.63) is 30.3 Å². The predicted molar refractivity (Wildman–Crippen MR) is 53.0 cm³/mol. The van der Waals surface area contributed by atoms with Crippen LogP contribution in [0, 0.1) is 0 Å². The van der Waals surface area contributed by atoms with Crippen LogP contribution in [0.5, 0.6) is 5.75 Å². The summed E-state index contributed by atoms with van der Waals surface area (Å²) in [6.07, 6.45) is 2.75. The zero-order chi connectivity index (χ0) is 8.93. The third kappa shape index (κ3) is 2.46. The van der Waals surface area contributed by atoms with Gasteiger partial charge in [0, 0.05) is 6.54 Å². The molecule has 2 nitrogen and oxygen atoms in total. The summed E-state index contributed by atoms with van der Waals surface area (Å²) in [6.45, 7) is 2.11. The second kappa shape index (κ2) is 4.28. The summed E-state index contributed by atoms with van der Waals surface area (Å²) < 4.78 is 5.79. The largest absolute Gasteiger partial charge is 0.489 e. The monoisotopic (exact) mass is 177 g/mol. The maximum absolute atomic E-state index is 5.79. The third-order valence-corrected chi connectivity index (χ3v) is 2.30. The van der Waals surface area contributed by atoms with Crippen LogP contribution in [0.2, 0.25) is 0 Å². The van der Waals surface area contributed by atoms with Gasteiger partial charge in [0.25, 0.3) is 0 Å². The second-order valence-corrected chi connectivity index (χ2v) is 3.40. The molecule has 0 aliphatic carbocycles. The first-order valence-electron chi connectivity index (χ1n) is 4.87. The highest BCUT2D eigenvalue weighted by Crippen LogP contribution is 2.14. The smallest absolute Gasteiger partial charge is 0.119 e.